The van der Waals surface area contributed by atoms with Crippen LogP contribution in [0.2, 0.25) is 0 Å². The fourth-order valence-electron chi connectivity index (χ4n) is 3.12. The number of ether oxygens (including phenoxy) is 2. The molecule has 0 aliphatic rings. The maximum absolute atomic E-state index is 12.9. The Hall–Kier alpha value is -4.60. The summed E-state index contributed by atoms with van der Waals surface area (Å²) in [7, 11) is 0. The standard InChI is InChI=1S/C24H25N5O5/c1-2-33-20-9-5-6-15(22(20)34-14-21(30)31)12-27-18-8-4-3-7-17(18)24(32)29-16-10-11-19(23(25)26)28-13-16/h3-11,13,27H,2,12,14H2,1H3,(H3,25,26)(H,29,32)(H,30,31). The van der Waals surface area contributed by atoms with Gasteiger partial charge in [-0.3, -0.25) is 15.2 Å². The molecule has 0 atom stereocenters. The van der Waals surface area contributed by atoms with Crippen molar-refractivity contribution in [3.63, 3.8) is 0 Å². The number of nitrogens with two attached hydrogens (primary N) is 1. The summed E-state index contributed by atoms with van der Waals surface area (Å²) in [5.41, 5.74) is 7.82. The summed E-state index contributed by atoms with van der Waals surface area (Å²) < 4.78 is 11.1. The first-order valence-electron chi connectivity index (χ1n) is 10.4. The van der Waals surface area contributed by atoms with Crippen LogP contribution >= 0.6 is 0 Å². The van der Waals surface area contributed by atoms with Crippen LogP contribution in [0, 0.1) is 5.41 Å². The van der Waals surface area contributed by atoms with E-state index < -0.39 is 12.6 Å². The molecule has 0 saturated carbocycles. The summed E-state index contributed by atoms with van der Waals surface area (Å²) in [4.78, 5) is 27.9. The van der Waals surface area contributed by atoms with Crippen molar-refractivity contribution in [1.29, 1.82) is 5.41 Å². The number of amidine groups is 1. The van der Waals surface area contributed by atoms with E-state index in [2.05, 4.69) is 15.6 Å². The molecule has 6 N–H and O–H groups in total. The smallest absolute Gasteiger partial charge is 0.341 e. The molecule has 3 rings (SSSR count). The number of carboxylic acids is 1. The third kappa shape index (κ3) is 6.22. The third-order valence-corrected chi connectivity index (χ3v) is 4.64. The molecular weight excluding hydrogens is 438 g/mol. The number of nitrogens with one attached hydrogen (secondary N) is 3. The van der Waals surface area contributed by atoms with Gasteiger partial charge in [0.2, 0.25) is 0 Å². The number of benzene rings is 2. The first kappa shape index (κ1) is 24.1. The monoisotopic (exact) mass is 463 g/mol. The van der Waals surface area contributed by atoms with Crippen molar-refractivity contribution in [2.75, 3.05) is 23.8 Å². The van der Waals surface area contributed by atoms with E-state index in [1.54, 1.807) is 54.6 Å². The van der Waals surface area contributed by atoms with E-state index in [1.165, 1.54) is 6.20 Å². The number of nitrogens with zero attached hydrogens (tertiary/aromatic N) is 1. The lowest BCUT2D eigenvalue weighted by Crippen LogP contribution is -2.17. The third-order valence-electron chi connectivity index (χ3n) is 4.64. The predicted octanol–water partition coefficient (Wildman–Crippen LogP) is 3.09. The average Bonchev–Trinajstić information content (AvgIpc) is 2.82. The molecule has 3 aromatic rings. The highest BCUT2D eigenvalue weighted by Crippen LogP contribution is 2.32. The molecule has 176 valence electrons. The Labute approximate surface area is 196 Å². The summed E-state index contributed by atoms with van der Waals surface area (Å²) in [6.45, 7) is 1.97. The lowest BCUT2D eigenvalue weighted by Gasteiger charge is -2.17. The van der Waals surface area contributed by atoms with Gasteiger partial charge in [-0.15, -0.1) is 0 Å². The molecule has 34 heavy (non-hydrogen) atoms. The highest BCUT2D eigenvalue weighted by atomic mass is 16.5. The molecule has 0 saturated heterocycles. The summed E-state index contributed by atoms with van der Waals surface area (Å²) in [5.74, 6) is -0.843. The van der Waals surface area contributed by atoms with Crippen LogP contribution < -0.4 is 25.8 Å². The Kier molecular flexibility index (Phi) is 8.01. The minimum atomic E-state index is -1.10. The van der Waals surface area contributed by atoms with Crippen molar-refractivity contribution >= 4 is 29.1 Å². The van der Waals surface area contributed by atoms with Crippen LogP contribution in [0.5, 0.6) is 11.5 Å². The van der Waals surface area contributed by atoms with Crippen LogP contribution in [0.25, 0.3) is 0 Å². The molecule has 10 heteroatoms. The van der Waals surface area contributed by atoms with Gasteiger partial charge in [-0.2, -0.15) is 0 Å². The second kappa shape index (κ2) is 11.3. The van der Waals surface area contributed by atoms with Gasteiger partial charge in [-0.1, -0.05) is 24.3 Å². The Balaban J connectivity index is 1.77. The molecule has 0 spiro atoms. The van der Waals surface area contributed by atoms with Gasteiger partial charge >= 0.3 is 5.97 Å². The molecule has 0 aliphatic carbocycles. The molecule has 0 unspecified atom stereocenters. The average molecular weight is 463 g/mol. The van der Waals surface area contributed by atoms with Gasteiger partial charge < -0.3 is 30.9 Å². The van der Waals surface area contributed by atoms with E-state index in [-0.39, 0.29) is 18.3 Å². The van der Waals surface area contributed by atoms with Crippen LogP contribution in [0.4, 0.5) is 11.4 Å². The number of carbonyl (C=O) groups is 2. The molecule has 1 amide bonds. The zero-order chi connectivity index (χ0) is 24.5. The molecule has 10 nitrogen and oxygen atoms in total. The Morgan fingerprint density at radius 2 is 1.88 bits per heavy atom. The highest BCUT2D eigenvalue weighted by Gasteiger charge is 2.15. The van der Waals surface area contributed by atoms with E-state index in [4.69, 9.17) is 25.7 Å². The first-order valence-corrected chi connectivity index (χ1v) is 10.4. The van der Waals surface area contributed by atoms with Crippen LogP contribution in [-0.4, -0.2) is 41.0 Å². The number of aromatic nitrogens is 1. The predicted molar refractivity (Wildman–Crippen MR) is 128 cm³/mol. The van der Waals surface area contributed by atoms with Crippen LogP contribution in [-0.2, 0) is 11.3 Å². The zero-order valence-electron chi connectivity index (χ0n) is 18.5. The number of anilines is 2. The van der Waals surface area contributed by atoms with Crippen LogP contribution in [0.15, 0.2) is 60.8 Å². The number of para-hydroxylation sites is 2. The maximum atomic E-state index is 12.9. The van der Waals surface area contributed by atoms with E-state index in [1.807, 2.05) is 6.92 Å². The van der Waals surface area contributed by atoms with Crippen molar-refractivity contribution in [3.05, 3.63) is 77.6 Å². The van der Waals surface area contributed by atoms with Crippen molar-refractivity contribution in [2.45, 2.75) is 13.5 Å². The van der Waals surface area contributed by atoms with Crippen molar-refractivity contribution < 1.29 is 24.2 Å². The maximum Gasteiger partial charge on any atom is 0.341 e. The molecule has 1 aromatic heterocycles. The lowest BCUT2D eigenvalue weighted by molar-refractivity contribution is -0.139. The molecule has 1 heterocycles. The van der Waals surface area contributed by atoms with Gasteiger partial charge in [0.25, 0.3) is 5.91 Å². The molecule has 2 aromatic carbocycles. The number of hydrogen-bond donors (Lipinski definition) is 5. The fourth-order valence-corrected chi connectivity index (χ4v) is 3.12. The summed E-state index contributed by atoms with van der Waals surface area (Å²) >= 11 is 0. The summed E-state index contributed by atoms with van der Waals surface area (Å²) in [6, 6.07) is 15.4. The molecule has 0 radical (unpaired) electrons. The Bertz CT molecular complexity index is 1180. The second-order valence-corrected chi connectivity index (χ2v) is 7.06. The van der Waals surface area contributed by atoms with E-state index in [9.17, 15) is 9.59 Å². The number of hydrogen-bond acceptors (Lipinski definition) is 7. The van der Waals surface area contributed by atoms with Gasteiger partial charge in [0, 0.05) is 17.8 Å². The number of nitrogen functional groups attached to an aromatic ring is 1. The van der Waals surface area contributed by atoms with Gasteiger partial charge in [-0.25, -0.2) is 4.79 Å². The topological polar surface area (TPSA) is 160 Å². The van der Waals surface area contributed by atoms with Gasteiger partial charge in [-0.05, 0) is 37.3 Å². The number of aliphatic carboxylic acids is 1. The number of rotatable bonds is 11. The minimum Gasteiger partial charge on any atom is -0.490 e. The first-order chi connectivity index (χ1) is 16.4. The van der Waals surface area contributed by atoms with Crippen molar-refractivity contribution in [1.82, 2.24) is 4.98 Å². The second-order valence-electron chi connectivity index (χ2n) is 7.06. The zero-order valence-corrected chi connectivity index (χ0v) is 18.5. The van der Waals surface area contributed by atoms with E-state index >= 15 is 0 Å². The van der Waals surface area contributed by atoms with Gasteiger partial charge in [0.15, 0.2) is 18.1 Å². The van der Waals surface area contributed by atoms with Crippen LogP contribution in [0.1, 0.15) is 28.5 Å². The summed E-state index contributed by atoms with van der Waals surface area (Å²) in [5, 5.41) is 22.4. The minimum absolute atomic E-state index is 0.160. The number of pyridine rings is 1. The molecule has 0 bridgehead atoms. The quantitative estimate of drug-likeness (QED) is 0.214. The number of amides is 1. The molecule has 0 fully saturated rings. The summed E-state index contributed by atoms with van der Waals surface area (Å²) in [6.07, 6.45) is 1.43. The van der Waals surface area contributed by atoms with Crippen LogP contribution in [0.3, 0.4) is 0 Å². The Morgan fingerprint density at radius 3 is 2.56 bits per heavy atom. The SMILES string of the molecule is CCOc1cccc(CNc2ccccc2C(=O)Nc2ccc(C(=N)N)nc2)c1OCC(=O)O. The normalized spacial score (nSPS) is 10.3. The van der Waals surface area contributed by atoms with Gasteiger partial charge in [0.1, 0.15) is 11.5 Å². The van der Waals surface area contributed by atoms with Crippen molar-refractivity contribution in [2.24, 2.45) is 5.73 Å². The van der Waals surface area contributed by atoms with Gasteiger partial charge in [0.05, 0.1) is 24.1 Å². The fraction of sp³-hybridized carbons (Fsp3) is 0.167. The number of carboxylic acid groups (broad SMARTS) is 1. The van der Waals surface area contributed by atoms with E-state index in [0.29, 0.717) is 46.3 Å². The van der Waals surface area contributed by atoms with E-state index in [0.717, 1.165) is 0 Å². The van der Waals surface area contributed by atoms with Crippen molar-refractivity contribution in [3.8, 4) is 11.5 Å². The molecular formula is C24H25N5O5. The largest absolute Gasteiger partial charge is 0.490 e. The molecule has 0 aliphatic heterocycles. The highest BCUT2D eigenvalue weighted by molar-refractivity contribution is 6.08. The Morgan fingerprint density at radius 1 is 1.09 bits per heavy atom. The number of carbonyl (C=O) groups excluding carboxylic acids is 1. The lowest BCUT2D eigenvalue weighted by atomic mass is 10.1.